The molecular formula is C20H27N5O3. The molecule has 8 heteroatoms. The van der Waals surface area contributed by atoms with Crippen LogP contribution < -0.4 is 10.6 Å². The summed E-state index contributed by atoms with van der Waals surface area (Å²) >= 11 is 0. The molecule has 0 spiro atoms. The number of nitrogens with zero attached hydrogens (tertiary/aromatic N) is 3. The van der Waals surface area contributed by atoms with Gasteiger partial charge in [0.2, 0.25) is 0 Å². The van der Waals surface area contributed by atoms with E-state index in [9.17, 15) is 9.59 Å². The molecule has 0 saturated heterocycles. The number of aromatic nitrogens is 2. The third-order valence-corrected chi connectivity index (χ3v) is 5.31. The van der Waals surface area contributed by atoms with Crippen molar-refractivity contribution < 1.29 is 14.7 Å². The smallest absolute Gasteiger partial charge is 0.319 e. The zero-order chi connectivity index (χ0) is 20.3. The van der Waals surface area contributed by atoms with Crippen LogP contribution in [-0.2, 0) is 11.8 Å². The lowest BCUT2D eigenvalue weighted by Gasteiger charge is -2.42. The van der Waals surface area contributed by atoms with Crippen molar-refractivity contribution in [2.75, 3.05) is 18.4 Å². The van der Waals surface area contributed by atoms with Gasteiger partial charge in [0.05, 0.1) is 12.2 Å². The van der Waals surface area contributed by atoms with Crippen LogP contribution in [0.25, 0.3) is 11.3 Å². The highest BCUT2D eigenvalue weighted by Crippen LogP contribution is 2.27. The highest BCUT2D eigenvalue weighted by molar-refractivity contribution is 5.91. The molecule has 3 N–H and O–H groups in total. The van der Waals surface area contributed by atoms with Crippen molar-refractivity contribution >= 4 is 17.7 Å². The van der Waals surface area contributed by atoms with Crippen molar-refractivity contribution in [2.45, 2.75) is 38.8 Å². The Morgan fingerprint density at radius 1 is 1.32 bits per heavy atom. The number of urea groups is 1. The van der Waals surface area contributed by atoms with Crippen LogP contribution in [0.15, 0.2) is 30.5 Å². The zero-order valence-electron chi connectivity index (χ0n) is 16.5. The predicted octanol–water partition coefficient (Wildman–Crippen LogP) is 2.45. The predicted molar refractivity (Wildman–Crippen MR) is 107 cm³/mol. The van der Waals surface area contributed by atoms with Crippen LogP contribution in [0.3, 0.4) is 0 Å². The van der Waals surface area contributed by atoms with E-state index in [-0.39, 0.29) is 24.7 Å². The first-order valence-electron chi connectivity index (χ1n) is 9.49. The Hall–Kier alpha value is -2.87. The molecule has 1 fully saturated rings. The third kappa shape index (κ3) is 4.51. The van der Waals surface area contributed by atoms with Crippen LogP contribution in [0.2, 0.25) is 0 Å². The summed E-state index contributed by atoms with van der Waals surface area (Å²) in [6.07, 6.45) is 3.27. The number of nitrogens with one attached hydrogen (secondary N) is 2. The molecular weight excluding hydrogens is 358 g/mol. The largest absolute Gasteiger partial charge is 0.480 e. The third-order valence-electron chi connectivity index (χ3n) is 5.31. The second-order valence-electron chi connectivity index (χ2n) is 7.25. The number of aryl methyl sites for hydroxylation is 2. The number of hydrogen-bond donors (Lipinski definition) is 3. The Bertz CT molecular complexity index is 857. The molecule has 150 valence electrons. The Balaban J connectivity index is 1.56. The summed E-state index contributed by atoms with van der Waals surface area (Å²) in [5.74, 6) is -0.820. The first-order chi connectivity index (χ1) is 13.4. The molecule has 1 aromatic heterocycles. The molecule has 1 saturated carbocycles. The summed E-state index contributed by atoms with van der Waals surface area (Å²) in [6.45, 7) is 4.64. The van der Waals surface area contributed by atoms with E-state index in [1.165, 1.54) is 0 Å². The summed E-state index contributed by atoms with van der Waals surface area (Å²) in [5.41, 5.74) is 3.69. The van der Waals surface area contributed by atoms with Crippen molar-refractivity contribution in [3.05, 3.63) is 36.0 Å². The van der Waals surface area contributed by atoms with Gasteiger partial charge in [-0.3, -0.25) is 14.4 Å². The maximum atomic E-state index is 12.4. The fraction of sp³-hybridized carbons (Fsp3) is 0.450. The monoisotopic (exact) mass is 385 g/mol. The molecule has 3 rings (SSSR count). The molecule has 0 aliphatic heterocycles. The number of likely N-dealkylation sites (N-methyl/N-ethyl adjacent to an activating group) is 1. The van der Waals surface area contributed by atoms with Crippen molar-refractivity contribution in [3.8, 4) is 11.3 Å². The summed E-state index contributed by atoms with van der Waals surface area (Å²) in [4.78, 5) is 25.3. The van der Waals surface area contributed by atoms with E-state index < -0.39 is 5.97 Å². The highest BCUT2D eigenvalue weighted by atomic mass is 16.4. The first-order valence-corrected chi connectivity index (χ1v) is 9.49. The number of benzene rings is 1. The Kier molecular flexibility index (Phi) is 5.99. The van der Waals surface area contributed by atoms with Gasteiger partial charge in [-0.05, 0) is 44.0 Å². The van der Waals surface area contributed by atoms with Gasteiger partial charge < -0.3 is 15.7 Å². The van der Waals surface area contributed by atoms with Crippen molar-refractivity contribution in [2.24, 2.45) is 7.05 Å². The van der Waals surface area contributed by atoms with Gasteiger partial charge in [-0.2, -0.15) is 5.10 Å². The summed E-state index contributed by atoms with van der Waals surface area (Å²) in [5, 5.41) is 19.1. The quantitative estimate of drug-likeness (QED) is 0.680. The molecule has 1 aliphatic carbocycles. The fourth-order valence-corrected chi connectivity index (χ4v) is 3.59. The number of carbonyl (C=O) groups is 2. The molecule has 0 unspecified atom stereocenters. The van der Waals surface area contributed by atoms with E-state index in [1.807, 2.05) is 50.1 Å². The molecule has 1 aromatic carbocycles. The van der Waals surface area contributed by atoms with Gasteiger partial charge in [-0.25, -0.2) is 4.79 Å². The van der Waals surface area contributed by atoms with Crippen LogP contribution in [0, 0.1) is 6.92 Å². The average molecular weight is 385 g/mol. The molecule has 1 aliphatic rings. The maximum Gasteiger partial charge on any atom is 0.319 e. The lowest BCUT2D eigenvalue weighted by Crippen LogP contribution is -2.55. The fourth-order valence-electron chi connectivity index (χ4n) is 3.59. The Morgan fingerprint density at radius 3 is 2.68 bits per heavy atom. The number of aliphatic carboxylic acids is 1. The number of anilines is 1. The van der Waals surface area contributed by atoms with Gasteiger partial charge in [-0.15, -0.1) is 0 Å². The topological polar surface area (TPSA) is 99.5 Å². The van der Waals surface area contributed by atoms with E-state index in [1.54, 1.807) is 10.9 Å². The minimum absolute atomic E-state index is 0.0417. The lowest BCUT2D eigenvalue weighted by molar-refractivity contribution is -0.139. The van der Waals surface area contributed by atoms with Gasteiger partial charge in [-0.1, -0.05) is 19.1 Å². The Labute approximate surface area is 164 Å². The summed E-state index contributed by atoms with van der Waals surface area (Å²) < 4.78 is 1.79. The van der Waals surface area contributed by atoms with Crippen LogP contribution in [0.5, 0.6) is 0 Å². The summed E-state index contributed by atoms with van der Waals surface area (Å²) in [7, 11) is 1.88. The van der Waals surface area contributed by atoms with Crippen molar-refractivity contribution in [1.29, 1.82) is 0 Å². The second kappa shape index (κ2) is 8.43. The number of rotatable bonds is 7. The molecule has 8 nitrogen and oxygen atoms in total. The highest BCUT2D eigenvalue weighted by Gasteiger charge is 2.34. The van der Waals surface area contributed by atoms with E-state index in [2.05, 4.69) is 15.7 Å². The van der Waals surface area contributed by atoms with Crippen LogP contribution in [0.1, 0.15) is 25.3 Å². The molecule has 28 heavy (non-hydrogen) atoms. The number of carboxylic acids is 1. The second-order valence-corrected chi connectivity index (χ2v) is 7.25. The van der Waals surface area contributed by atoms with Gasteiger partial charge in [0.1, 0.15) is 0 Å². The number of carbonyl (C=O) groups excluding carboxylic acids is 1. The molecule has 0 bridgehead atoms. The number of carboxylic acid groups (broad SMARTS) is 1. The van der Waals surface area contributed by atoms with Crippen LogP contribution in [0.4, 0.5) is 10.5 Å². The SMILES string of the molecule is CCN(CC(=O)O)C1CC(NC(=O)Nc2cc(-c3ccnn3C)ccc2C)C1. The van der Waals surface area contributed by atoms with Crippen LogP contribution in [-0.4, -0.2) is 57.0 Å². The molecule has 2 aromatic rings. The summed E-state index contributed by atoms with van der Waals surface area (Å²) in [6, 6.07) is 7.89. The normalized spacial score (nSPS) is 18.6. The molecule has 0 atom stereocenters. The van der Waals surface area contributed by atoms with Gasteiger partial charge in [0.15, 0.2) is 0 Å². The minimum Gasteiger partial charge on any atom is -0.480 e. The zero-order valence-corrected chi connectivity index (χ0v) is 16.5. The molecule has 1 heterocycles. The number of hydrogen-bond acceptors (Lipinski definition) is 4. The maximum absolute atomic E-state index is 12.4. The molecule has 0 radical (unpaired) electrons. The van der Waals surface area contributed by atoms with E-state index >= 15 is 0 Å². The standard InChI is InChI=1S/C20H27N5O3/c1-4-25(12-19(26)27)16-10-15(11-16)22-20(28)23-17-9-14(6-5-13(17)2)18-7-8-21-24(18)3/h5-9,15-16H,4,10-12H2,1-3H3,(H,26,27)(H2,22,23,28). The van der Waals surface area contributed by atoms with E-state index in [0.717, 1.165) is 35.3 Å². The van der Waals surface area contributed by atoms with E-state index in [0.29, 0.717) is 6.54 Å². The van der Waals surface area contributed by atoms with Gasteiger partial charge >= 0.3 is 12.0 Å². The average Bonchev–Trinajstić information content (AvgIpc) is 3.04. The van der Waals surface area contributed by atoms with Gasteiger partial charge in [0.25, 0.3) is 0 Å². The van der Waals surface area contributed by atoms with Crippen molar-refractivity contribution in [3.63, 3.8) is 0 Å². The lowest BCUT2D eigenvalue weighted by atomic mass is 9.85. The van der Waals surface area contributed by atoms with E-state index in [4.69, 9.17) is 5.11 Å². The first kappa shape index (κ1) is 19.9. The van der Waals surface area contributed by atoms with Crippen molar-refractivity contribution in [1.82, 2.24) is 20.0 Å². The van der Waals surface area contributed by atoms with Crippen LogP contribution >= 0.6 is 0 Å². The minimum atomic E-state index is -0.820. The number of amides is 2. The Morgan fingerprint density at radius 2 is 2.07 bits per heavy atom. The molecule has 2 amide bonds. The van der Waals surface area contributed by atoms with Gasteiger partial charge in [0, 0.05) is 36.6 Å².